The van der Waals surface area contributed by atoms with Gasteiger partial charge in [-0.1, -0.05) is 15.9 Å². The standard InChI is InChI=1S/C11H11BrFNOS/c12-8-1-2-9(13)10(4-8)14-5-7(6-16)3-11(14)15/h1-2,4,7,16H,3,5-6H2. The first kappa shape index (κ1) is 11.9. The van der Waals surface area contributed by atoms with Crippen LogP contribution >= 0.6 is 28.6 Å². The van der Waals surface area contributed by atoms with E-state index in [1.807, 2.05) is 0 Å². The van der Waals surface area contributed by atoms with Gasteiger partial charge in [-0.05, 0) is 29.9 Å². The zero-order valence-electron chi connectivity index (χ0n) is 8.49. The van der Waals surface area contributed by atoms with E-state index in [9.17, 15) is 9.18 Å². The van der Waals surface area contributed by atoms with Crippen LogP contribution in [0.1, 0.15) is 6.42 Å². The zero-order valence-corrected chi connectivity index (χ0v) is 11.0. The number of thiol groups is 1. The number of halogens is 2. The molecule has 0 aromatic heterocycles. The van der Waals surface area contributed by atoms with Crippen molar-refractivity contribution in [1.82, 2.24) is 0 Å². The number of amides is 1. The van der Waals surface area contributed by atoms with E-state index in [-0.39, 0.29) is 17.6 Å². The molecule has 1 aliphatic heterocycles. The molecule has 1 atom stereocenters. The first-order valence-electron chi connectivity index (χ1n) is 4.98. The quantitative estimate of drug-likeness (QED) is 0.833. The predicted molar refractivity (Wildman–Crippen MR) is 68.4 cm³/mol. The van der Waals surface area contributed by atoms with E-state index in [2.05, 4.69) is 28.6 Å². The van der Waals surface area contributed by atoms with Crippen LogP contribution in [0, 0.1) is 11.7 Å². The van der Waals surface area contributed by atoms with Gasteiger partial charge in [0.15, 0.2) is 0 Å². The lowest BCUT2D eigenvalue weighted by molar-refractivity contribution is -0.117. The molecule has 1 aromatic rings. The molecule has 2 nitrogen and oxygen atoms in total. The van der Waals surface area contributed by atoms with Gasteiger partial charge in [0.2, 0.25) is 5.91 Å². The highest BCUT2D eigenvalue weighted by Gasteiger charge is 2.31. The van der Waals surface area contributed by atoms with Gasteiger partial charge in [0.05, 0.1) is 5.69 Å². The van der Waals surface area contributed by atoms with Gasteiger partial charge in [0, 0.05) is 17.4 Å². The smallest absolute Gasteiger partial charge is 0.227 e. The van der Waals surface area contributed by atoms with Crippen molar-refractivity contribution in [3.05, 3.63) is 28.5 Å². The molecule has 1 aromatic carbocycles. The molecule has 0 spiro atoms. The third-order valence-electron chi connectivity index (χ3n) is 2.66. The molecular formula is C11H11BrFNOS. The molecule has 5 heteroatoms. The average molecular weight is 304 g/mol. The zero-order chi connectivity index (χ0) is 11.7. The summed E-state index contributed by atoms with van der Waals surface area (Å²) < 4.78 is 14.4. The summed E-state index contributed by atoms with van der Waals surface area (Å²) in [6.45, 7) is 0.551. The third-order valence-corrected chi connectivity index (χ3v) is 3.67. The molecule has 0 aliphatic carbocycles. The number of benzene rings is 1. The van der Waals surface area contributed by atoms with Gasteiger partial charge in [-0.2, -0.15) is 12.6 Å². The fourth-order valence-electron chi connectivity index (χ4n) is 1.83. The summed E-state index contributed by atoms with van der Waals surface area (Å²) in [6.07, 6.45) is 0.454. The minimum atomic E-state index is -0.364. The Kier molecular flexibility index (Phi) is 3.54. The second kappa shape index (κ2) is 4.75. The Labute approximate surface area is 107 Å². The normalized spacial score (nSPS) is 20.6. The van der Waals surface area contributed by atoms with Crippen LogP contribution in [-0.2, 0) is 4.79 Å². The maximum atomic E-state index is 13.6. The Balaban J connectivity index is 2.30. The molecule has 1 heterocycles. The Bertz CT molecular complexity index is 426. The molecule has 0 bridgehead atoms. The Morgan fingerprint density at radius 3 is 2.94 bits per heavy atom. The molecular weight excluding hydrogens is 293 g/mol. The maximum absolute atomic E-state index is 13.6. The van der Waals surface area contributed by atoms with Crippen molar-refractivity contribution in [3.8, 4) is 0 Å². The highest BCUT2D eigenvalue weighted by atomic mass is 79.9. The fourth-order valence-corrected chi connectivity index (χ4v) is 2.42. The van der Waals surface area contributed by atoms with Crippen LogP contribution in [0.2, 0.25) is 0 Å². The molecule has 16 heavy (non-hydrogen) atoms. The number of nitrogens with zero attached hydrogens (tertiary/aromatic N) is 1. The summed E-state index contributed by atoms with van der Waals surface area (Å²) in [5.74, 6) is 0.472. The molecule has 1 fully saturated rings. The van der Waals surface area contributed by atoms with Crippen molar-refractivity contribution in [2.45, 2.75) is 6.42 Å². The Morgan fingerprint density at radius 2 is 2.31 bits per heavy atom. The van der Waals surface area contributed by atoms with E-state index < -0.39 is 0 Å². The lowest BCUT2D eigenvalue weighted by atomic mass is 10.1. The first-order valence-corrected chi connectivity index (χ1v) is 6.40. The molecule has 0 radical (unpaired) electrons. The number of carbonyl (C=O) groups excluding carboxylic acids is 1. The van der Waals surface area contributed by atoms with Crippen LogP contribution in [-0.4, -0.2) is 18.2 Å². The average Bonchev–Trinajstić information content (AvgIpc) is 2.63. The van der Waals surface area contributed by atoms with E-state index in [1.54, 1.807) is 12.1 Å². The summed E-state index contributed by atoms with van der Waals surface area (Å²) in [6, 6.07) is 4.62. The van der Waals surface area contributed by atoms with E-state index in [0.29, 0.717) is 24.4 Å². The number of rotatable bonds is 2. The van der Waals surface area contributed by atoms with E-state index in [1.165, 1.54) is 11.0 Å². The minimum absolute atomic E-state index is 0.0314. The highest BCUT2D eigenvalue weighted by Crippen LogP contribution is 2.30. The number of carbonyl (C=O) groups is 1. The summed E-state index contributed by atoms with van der Waals surface area (Å²) in [5.41, 5.74) is 0.351. The van der Waals surface area contributed by atoms with Gasteiger partial charge in [-0.15, -0.1) is 0 Å². The lowest BCUT2D eigenvalue weighted by Crippen LogP contribution is -2.25. The molecule has 1 aliphatic rings. The van der Waals surface area contributed by atoms with Crippen molar-refractivity contribution >= 4 is 40.2 Å². The van der Waals surface area contributed by atoms with Crippen molar-refractivity contribution < 1.29 is 9.18 Å². The molecule has 86 valence electrons. The van der Waals surface area contributed by atoms with Gasteiger partial charge >= 0.3 is 0 Å². The predicted octanol–water partition coefficient (Wildman–Crippen LogP) is 2.87. The monoisotopic (exact) mass is 303 g/mol. The van der Waals surface area contributed by atoms with E-state index in [0.717, 1.165) is 4.47 Å². The maximum Gasteiger partial charge on any atom is 0.227 e. The van der Waals surface area contributed by atoms with Crippen molar-refractivity contribution in [3.63, 3.8) is 0 Å². The van der Waals surface area contributed by atoms with Crippen LogP contribution in [0.5, 0.6) is 0 Å². The topological polar surface area (TPSA) is 20.3 Å². The molecule has 1 unspecified atom stereocenters. The van der Waals surface area contributed by atoms with E-state index in [4.69, 9.17) is 0 Å². The van der Waals surface area contributed by atoms with Crippen LogP contribution in [0.15, 0.2) is 22.7 Å². The summed E-state index contributed by atoms with van der Waals surface area (Å²) >= 11 is 7.45. The summed E-state index contributed by atoms with van der Waals surface area (Å²) in [5, 5.41) is 0. The van der Waals surface area contributed by atoms with Crippen LogP contribution in [0.4, 0.5) is 10.1 Å². The van der Waals surface area contributed by atoms with E-state index >= 15 is 0 Å². The van der Waals surface area contributed by atoms with Gasteiger partial charge < -0.3 is 4.90 Å². The number of hydrogen-bond acceptors (Lipinski definition) is 2. The van der Waals surface area contributed by atoms with Gasteiger partial charge in [0.25, 0.3) is 0 Å². The molecule has 0 N–H and O–H groups in total. The largest absolute Gasteiger partial charge is 0.309 e. The minimum Gasteiger partial charge on any atom is -0.309 e. The summed E-state index contributed by atoms with van der Waals surface area (Å²) in [7, 11) is 0. The Morgan fingerprint density at radius 1 is 1.56 bits per heavy atom. The van der Waals surface area contributed by atoms with Gasteiger partial charge in [-0.3, -0.25) is 4.79 Å². The number of anilines is 1. The van der Waals surface area contributed by atoms with Crippen LogP contribution in [0.3, 0.4) is 0 Å². The fraction of sp³-hybridized carbons (Fsp3) is 0.364. The number of hydrogen-bond donors (Lipinski definition) is 1. The lowest BCUT2D eigenvalue weighted by Gasteiger charge is -2.17. The molecule has 1 amide bonds. The second-order valence-corrected chi connectivity index (χ2v) is 5.13. The van der Waals surface area contributed by atoms with Crippen LogP contribution < -0.4 is 4.90 Å². The molecule has 2 rings (SSSR count). The first-order chi connectivity index (χ1) is 7.61. The third kappa shape index (κ3) is 2.25. The second-order valence-electron chi connectivity index (χ2n) is 3.85. The Hall–Kier alpha value is -0.550. The molecule has 0 saturated carbocycles. The van der Waals surface area contributed by atoms with Crippen LogP contribution in [0.25, 0.3) is 0 Å². The SMILES string of the molecule is O=C1CC(CS)CN1c1cc(Br)ccc1F. The highest BCUT2D eigenvalue weighted by molar-refractivity contribution is 9.10. The van der Waals surface area contributed by atoms with Gasteiger partial charge in [0.1, 0.15) is 5.82 Å². The summed E-state index contributed by atoms with van der Waals surface area (Å²) in [4.78, 5) is 13.2. The van der Waals surface area contributed by atoms with Crippen molar-refractivity contribution in [2.24, 2.45) is 5.92 Å². The van der Waals surface area contributed by atoms with Gasteiger partial charge in [-0.25, -0.2) is 4.39 Å². The van der Waals surface area contributed by atoms with Crippen molar-refractivity contribution in [2.75, 3.05) is 17.2 Å². The molecule has 1 saturated heterocycles. The van der Waals surface area contributed by atoms with Crippen molar-refractivity contribution in [1.29, 1.82) is 0 Å².